The number of piperazine rings is 1. The van der Waals surface area contributed by atoms with Crippen molar-refractivity contribution in [2.45, 2.75) is 31.8 Å². The molecule has 0 radical (unpaired) electrons. The highest BCUT2D eigenvalue weighted by molar-refractivity contribution is 6.04. The number of benzene rings is 1. The molecule has 0 saturated carbocycles. The number of nitrogens with two attached hydrogens (primary N) is 1. The van der Waals surface area contributed by atoms with E-state index in [1.54, 1.807) is 6.92 Å². The molecule has 3 N–H and O–H groups in total. The molecule has 0 aromatic heterocycles. The normalized spacial score (nSPS) is 20.1. The fraction of sp³-hybridized carbons (Fsp3) is 0.400. The molecule has 1 fully saturated rings. The maximum Gasteiger partial charge on any atom is 0.249 e. The molecule has 3 amide bonds. The van der Waals surface area contributed by atoms with E-state index in [1.807, 2.05) is 30.3 Å². The van der Waals surface area contributed by atoms with E-state index in [0.29, 0.717) is 12.8 Å². The van der Waals surface area contributed by atoms with E-state index in [9.17, 15) is 14.4 Å². The predicted molar refractivity (Wildman–Crippen MR) is 77.1 cm³/mol. The first-order valence-corrected chi connectivity index (χ1v) is 6.92. The van der Waals surface area contributed by atoms with Gasteiger partial charge in [-0.05, 0) is 25.3 Å². The van der Waals surface area contributed by atoms with Gasteiger partial charge in [-0.1, -0.05) is 30.3 Å². The summed E-state index contributed by atoms with van der Waals surface area (Å²) in [6.45, 7) is 1.47. The Bertz CT molecular complexity index is 544. The van der Waals surface area contributed by atoms with Crippen LogP contribution < -0.4 is 11.1 Å². The summed E-state index contributed by atoms with van der Waals surface area (Å²) >= 11 is 0. The van der Waals surface area contributed by atoms with Crippen LogP contribution in [0.2, 0.25) is 0 Å². The minimum atomic E-state index is -0.716. The van der Waals surface area contributed by atoms with Gasteiger partial charge < -0.3 is 10.6 Å². The minimum Gasteiger partial charge on any atom is -0.320 e. The third-order valence-electron chi connectivity index (χ3n) is 3.61. The van der Waals surface area contributed by atoms with Gasteiger partial charge in [0.25, 0.3) is 0 Å². The number of nitrogens with one attached hydrogen (secondary N) is 1. The summed E-state index contributed by atoms with van der Waals surface area (Å²) < 4.78 is 0. The fourth-order valence-corrected chi connectivity index (χ4v) is 2.29. The summed E-state index contributed by atoms with van der Waals surface area (Å²) in [4.78, 5) is 36.5. The molecule has 1 aliphatic rings. The van der Waals surface area contributed by atoms with Crippen molar-refractivity contribution in [3.63, 3.8) is 0 Å². The average molecular weight is 289 g/mol. The number of hydrogen-bond donors (Lipinski definition) is 2. The number of carbonyl (C=O) groups excluding carboxylic acids is 3. The van der Waals surface area contributed by atoms with Gasteiger partial charge in [-0.25, -0.2) is 0 Å². The molecule has 6 nitrogen and oxygen atoms in total. The van der Waals surface area contributed by atoms with Crippen molar-refractivity contribution in [3.8, 4) is 0 Å². The lowest BCUT2D eigenvalue weighted by molar-refractivity contribution is -0.150. The molecule has 1 heterocycles. The van der Waals surface area contributed by atoms with Crippen molar-refractivity contribution < 1.29 is 14.4 Å². The summed E-state index contributed by atoms with van der Waals surface area (Å²) in [7, 11) is 0. The summed E-state index contributed by atoms with van der Waals surface area (Å²) in [5.41, 5.74) is 7.01. The molecule has 21 heavy (non-hydrogen) atoms. The zero-order chi connectivity index (χ0) is 15.4. The molecule has 112 valence electrons. The number of nitrogens with zero attached hydrogens (tertiary/aromatic N) is 1. The Hall–Kier alpha value is -2.21. The third kappa shape index (κ3) is 3.66. The van der Waals surface area contributed by atoms with Gasteiger partial charge in [0.15, 0.2) is 0 Å². The highest BCUT2D eigenvalue weighted by Gasteiger charge is 2.35. The molecule has 0 spiro atoms. The molecule has 2 atom stereocenters. The SMILES string of the molecule is CC1C(=O)NC(=O)CN1C(=O)[C@@H](N)CCc1ccccc1. The topological polar surface area (TPSA) is 92.5 Å². The van der Waals surface area contributed by atoms with Crippen molar-refractivity contribution in [1.29, 1.82) is 0 Å². The molecular formula is C15H19N3O3. The maximum atomic E-state index is 12.3. The smallest absolute Gasteiger partial charge is 0.249 e. The molecule has 1 aromatic rings. The van der Waals surface area contributed by atoms with Crippen LogP contribution >= 0.6 is 0 Å². The van der Waals surface area contributed by atoms with Crippen LogP contribution in [-0.2, 0) is 20.8 Å². The second kappa shape index (κ2) is 6.49. The molecule has 0 aliphatic carbocycles. The predicted octanol–water partition coefficient (Wildman–Crippen LogP) is -0.180. The summed E-state index contributed by atoms with van der Waals surface area (Å²) in [5, 5.41) is 2.20. The molecule has 1 saturated heterocycles. The fourth-order valence-electron chi connectivity index (χ4n) is 2.29. The van der Waals surface area contributed by atoms with Gasteiger partial charge in [0.1, 0.15) is 12.6 Å². The molecule has 2 rings (SSSR count). The van der Waals surface area contributed by atoms with Crippen molar-refractivity contribution in [2.75, 3.05) is 6.54 Å². The lowest BCUT2D eigenvalue weighted by atomic mass is 10.0. The van der Waals surface area contributed by atoms with E-state index in [-0.39, 0.29) is 12.5 Å². The highest BCUT2D eigenvalue weighted by Crippen LogP contribution is 2.10. The third-order valence-corrected chi connectivity index (χ3v) is 3.61. The Balaban J connectivity index is 1.95. The van der Waals surface area contributed by atoms with Gasteiger partial charge in [-0.15, -0.1) is 0 Å². The van der Waals surface area contributed by atoms with Crippen LogP contribution in [0.5, 0.6) is 0 Å². The van der Waals surface area contributed by atoms with E-state index in [2.05, 4.69) is 5.32 Å². The summed E-state index contributed by atoms with van der Waals surface area (Å²) in [5.74, 6) is -1.29. The van der Waals surface area contributed by atoms with Gasteiger partial charge in [0.05, 0.1) is 6.04 Å². The number of amides is 3. The molecule has 1 aliphatic heterocycles. The monoisotopic (exact) mass is 289 g/mol. The van der Waals surface area contributed by atoms with E-state index in [1.165, 1.54) is 4.90 Å². The van der Waals surface area contributed by atoms with E-state index in [0.717, 1.165) is 5.56 Å². The number of imide groups is 1. The minimum absolute atomic E-state index is 0.120. The van der Waals surface area contributed by atoms with E-state index >= 15 is 0 Å². The van der Waals surface area contributed by atoms with Gasteiger partial charge in [-0.2, -0.15) is 0 Å². The van der Waals surface area contributed by atoms with Crippen LogP contribution in [0.25, 0.3) is 0 Å². The molecule has 1 aromatic carbocycles. The first-order chi connectivity index (χ1) is 9.99. The lowest BCUT2D eigenvalue weighted by Crippen LogP contribution is -2.61. The lowest BCUT2D eigenvalue weighted by Gasteiger charge is -2.33. The van der Waals surface area contributed by atoms with Crippen LogP contribution in [0.3, 0.4) is 0 Å². The first kappa shape index (κ1) is 15.2. The van der Waals surface area contributed by atoms with Gasteiger partial charge in [0, 0.05) is 0 Å². The zero-order valence-corrected chi connectivity index (χ0v) is 11.9. The van der Waals surface area contributed by atoms with Crippen molar-refractivity contribution >= 4 is 17.7 Å². The van der Waals surface area contributed by atoms with E-state index in [4.69, 9.17) is 5.73 Å². The second-order valence-corrected chi connectivity index (χ2v) is 5.19. The molecule has 0 bridgehead atoms. The Kier molecular flexibility index (Phi) is 4.70. The first-order valence-electron chi connectivity index (χ1n) is 6.92. The molecule has 1 unspecified atom stereocenters. The Morgan fingerprint density at radius 1 is 1.38 bits per heavy atom. The highest BCUT2D eigenvalue weighted by atomic mass is 16.2. The number of aryl methyl sites for hydroxylation is 1. The largest absolute Gasteiger partial charge is 0.320 e. The van der Waals surface area contributed by atoms with Crippen molar-refractivity contribution in [2.24, 2.45) is 5.73 Å². The number of rotatable bonds is 4. The Morgan fingerprint density at radius 2 is 2.05 bits per heavy atom. The summed E-state index contributed by atoms with van der Waals surface area (Å²) in [6, 6.07) is 8.34. The van der Waals surface area contributed by atoms with Crippen molar-refractivity contribution in [1.82, 2.24) is 10.2 Å². The van der Waals surface area contributed by atoms with E-state index < -0.39 is 23.9 Å². The van der Waals surface area contributed by atoms with Crippen LogP contribution in [0, 0.1) is 0 Å². The second-order valence-electron chi connectivity index (χ2n) is 5.19. The van der Waals surface area contributed by atoms with Crippen LogP contribution in [0.4, 0.5) is 0 Å². The van der Waals surface area contributed by atoms with Crippen LogP contribution in [0.1, 0.15) is 18.9 Å². The standard InChI is InChI=1S/C15H19N3O3/c1-10-14(20)17-13(19)9-18(10)15(21)12(16)8-7-11-5-3-2-4-6-11/h2-6,10,12H,7-9,16H2,1H3,(H,17,19,20)/t10?,12-/m0/s1. The number of hydrogen-bond acceptors (Lipinski definition) is 4. The van der Waals surface area contributed by atoms with Crippen molar-refractivity contribution in [3.05, 3.63) is 35.9 Å². The molecular weight excluding hydrogens is 270 g/mol. The van der Waals surface area contributed by atoms with Crippen LogP contribution in [-0.4, -0.2) is 41.2 Å². The quantitative estimate of drug-likeness (QED) is 0.752. The number of carbonyl (C=O) groups is 3. The van der Waals surface area contributed by atoms with Crippen LogP contribution in [0.15, 0.2) is 30.3 Å². The maximum absolute atomic E-state index is 12.3. The summed E-state index contributed by atoms with van der Waals surface area (Å²) in [6.07, 6.45) is 1.15. The van der Waals surface area contributed by atoms with Gasteiger partial charge >= 0.3 is 0 Å². The average Bonchev–Trinajstić information content (AvgIpc) is 2.48. The zero-order valence-electron chi connectivity index (χ0n) is 11.9. The Morgan fingerprint density at radius 3 is 2.71 bits per heavy atom. The van der Waals surface area contributed by atoms with Gasteiger partial charge in [0.2, 0.25) is 17.7 Å². The molecule has 6 heteroatoms. The van der Waals surface area contributed by atoms with Gasteiger partial charge in [-0.3, -0.25) is 19.7 Å². The Labute approximate surface area is 123 Å².